The van der Waals surface area contributed by atoms with Crippen molar-refractivity contribution in [3.63, 3.8) is 0 Å². The Bertz CT molecular complexity index is 593. The molecule has 1 aliphatic carbocycles. The Hall–Kier alpha value is -1.77. The molecule has 0 bridgehead atoms. The van der Waals surface area contributed by atoms with E-state index in [-0.39, 0.29) is 17.6 Å². The Morgan fingerprint density at radius 1 is 1.21 bits per heavy atom. The number of carbonyl (C=O) groups is 1. The number of ether oxygens (including phenoxy) is 1. The highest BCUT2D eigenvalue weighted by Crippen LogP contribution is 2.43. The van der Waals surface area contributed by atoms with E-state index in [1.165, 1.54) is 12.0 Å². The highest BCUT2D eigenvalue weighted by molar-refractivity contribution is 5.69. The molecule has 1 saturated carbocycles. The highest BCUT2D eigenvalue weighted by Gasteiger charge is 2.42. The molecule has 0 aromatic heterocycles. The van der Waals surface area contributed by atoms with Gasteiger partial charge in [-0.15, -0.1) is 0 Å². The fourth-order valence-electron chi connectivity index (χ4n) is 4.21. The fourth-order valence-corrected chi connectivity index (χ4v) is 4.21. The molecule has 0 N–H and O–H groups in total. The second kappa shape index (κ2) is 7.00. The van der Waals surface area contributed by atoms with E-state index in [2.05, 4.69) is 51.1 Å². The maximum absolute atomic E-state index is 12.5. The van der Waals surface area contributed by atoms with Crippen molar-refractivity contribution in [2.24, 2.45) is 11.8 Å². The molecule has 3 nitrogen and oxygen atoms in total. The molecule has 1 aromatic carbocycles. The van der Waals surface area contributed by atoms with Crippen molar-refractivity contribution in [2.75, 3.05) is 6.54 Å². The van der Waals surface area contributed by atoms with Crippen molar-refractivity contribution in [1.29, 1.82) is 0 Å². The lowest BCUT2D eigenvalue weighted by Gasteiger charge is -2.44. The van der Waals surface area contributed by atoms with E-state index in [4.69, 9.17) is 4.74 Å². The summed E-state index contributed by atoms with van der Waals surface area (Å²) in [7, 11) is 0. The van der Waals surface area contributed by atoms with Crippen LogP contribution in [0.3, 0.4) is 0 Å². The van der Waals surface area contributed by atoms with Gasteiger partial charge in [0.1, 0.15) is 6.10 Å². The van der Waals surface area contributed by atoms with Crippen molar-refractivity contribution >= 4 is 6.09 Å². The molecule has 3 heteroatoms. The van der Waals surface area contributed by atoms with E-state index in [9.17, 15) is 4.79 Å². The standard InChI is InChI=1S/C21H29NO2/c1-16-11-12-18(21(2,3)17-9-5-4-6-10-17)19(15-16)24-20(23)22-13-7-8-14-22/h4-7,9-10,13,16,18-19H,8,11-12,14-15H2,1-3H3/t16-,18-,19-/m0/s1. The Morgan fingerprint density at radius 3 is 2.62 bits per heavy atom. The fraction of sp³-hybridized carbons (Fsp3) is 0.571. The smallest absolute Gasteiger partial charge is 0.414 e. The zero-order valence-corrected chi connectivity index (χ0v) is 15.1. The molecule has 1 amide bonds. The third kappa shape index (κ3) is 3.50. The molecule has 0 unspecified atom stereocenters. The minimum absolute atomic E-state index is 0.00675. The summed E-state index contributed by atoms with van der Waals surface area (Å²) >= 11 is 0. The van der Waals surface area contributed by atoms with Gasteiger partial charge in [-0.05, 0) is 36.2 Å². The SMILES string of the molecule is C[C@H]1CC[C@H](C(C)(C)c2ccccc2)[C@@H](OC(=O)N2C=CCC2)C1. The van der Waals surface area contributed by atoms with Crippen LogP contribution in [0.5, 0.6) is 0 Å². The Labute approximate surface area is 145 Å². The van der Waals surface area contributed by atoms with Crippen LogP contribution in [-0.2, 0) is 10.2 Å². The van der Waals surface area contributed by atoms with Crippen LogP contribution >= 0.6 is 0 Å². The van der Waals surface area contributed by atoms with E-state index < -0.39 is 0 Å². The van der Waals surface area contributed by atoms with Gasteiger partial charge in [0, 0.05) is 18.7 Å². The predicted molar refractivity (Wildman–Crippen MR) is 96.7 cm³/mol. The van der Waals surface area contributed by atoms with Crippen molar-refractivity contribution in [3.8, 4) is 0 Å². The van der Waals surface area contributed by atoms with Gasteiger partial charge in [0.05, 0.1) is 0 Å². The highest BCUT2D eigenvalue weighted by atomic mass is 16.6. The van der Waals surface area contributed by atoms with Gasteiger partial charge in [-0.1, -0.05) is 63.6 Å². The molecule has 1 fully saturated rings. The summed E-state index contributed by atoms with van der Waals surface area (Å²) in [6.07, 6.45) is 7.89. The summed E-state index contributed by atoms with van der Waals surface area (Å²) in [5.74, 6) is 0.964. The van der Waals surface area contributed by atoms with E-state index in [1.807, 2.05) is 12.3 Å². The molecule has 1 heterocycles. The number of amides is 1. The lowest BCUT2D eigenvalue weighted by molar-refractivity contribution is -0.0128. The van der Waals surface area contributed by atoms with Crippen LogP contribution in [0, 0.1) is 11.8 Å². The summed E-state index contributed by atoms with van der Waals surface area (Å²) in [4.78, 5) is 14.2. The van der Waals surface area contributed by atoms with Crippen LogP contribution < -0.4 is 0 Å². The van der Waals surface area contributed by atoms with Gasteiger partial charge >= 0.3 is 6.09 Å². The quantitative estimate of drug-likeness (QED) is 0.770. The number of hydrogen-bond donors (Lipinski definition) is 0. The second-order valence-electron chi connectivity index (χ2n) is 7.90. The maximum Gasteiger partial charge on any atom is 0.414 e. The molecule has 1 aliphatic heterocycles. The lowest BCUT2D eigenvalue weighted by Crippen LogP contribution is -2.44. The van der Waals surface area contributed by atoms with Crippen LogP contribution in [-0.4, -0.2) is 23.6 Å². The minimum Gasteiger partial charge on any atom is -0.446 e. The van der Waals surface area contributed by atoms with Crippen molar-refractivity contribution in [3.05, 3.63) is 48.2 Å². The largest absolute Gasteiger partial charge is 0.446 e. The van der Waals surface area contributed by atoms with Gasteiger partial charge in [0.2, 0.25) is 0 Å². The van der Waals surface area contributed by atoms with Gasteiger partial charge in [-0.3, -0.25) is 4.90 Å². The first-order valence-electron chi connectivity index (χ1n) is 9.18. The Kier molecular flexibility index (Phi) is 4.98. The van der Waals surface area contributed by atoms with Gasteiger partial charge in [0.15, 0.2) is 0 Å². The third-order valence-electron chi connectivity index (χ3n) is 5.81. The van der Waals surface area contributed by atoms with Gasteiger partial charge in [-0.2, -0.15) is 0 Å². The maximum atomic E-state index is 12.5. The van der Waals surface area contributed by atoms with Crippen LogP contribution in [0.4, 0.5) is 4.79 Å². The molecule has 0 saturated heterocycles. The topological polar surface area (TPSA) is 29.5 Å². The number of hydrogen-bond acceptors (Lipinski definition) is 2. The summed E-state index contributed by atoms with van der Waals surface area (Å²) in [5, 5.41) is 0. The zero-order valence-electron chi connectivity index (χ0n) is 15.1. The summed E-state index contributed by atoms with van der Waals surface area (Å²) < 4.78 is 6.00. The molecule has 3 rings (SSSR count). The normalized spacial score (nSPS) is 27.3. The molecular weight excluding hydrogens is 298 g/mol. The first kappa shape index (κ1) is 17.1. The molecule has 3 atom stereocenters. The zero-order chi connectivity index (χ0) is 17.2. The number of rotatable bonds is 3. The monoisotopic (exact) mass is 327 g/mol. The molecule has 0 radical (unpaired) electrons. The Balaban J connectivity index is 1.78. The predicted octanol–water partition coefficient (Wildman–Crippen LogP) is 5.13. The molecule has 130 valence electrons. The first-order chi connectivity index (χ1) is 11.5. The van der Waals surface area contributed by atoms with Gasteiger partial charge < -0.3 is 4.74 Å². The second-order valence-corrected chi connectivity index (χ2v) is 7.90. The van der Waals surface area contributed by atoms with E-state index >= 15 is 0 Å². The number of nitrogens with zero attached hydrogens (tertiary/aromatic N) is 1. The summed E-state index contributed by atoms with van der Waals surface area (Å²) in [5.41, 5.74) is 1.32. The van der Waals surface area contributed by atoms with Crippen LogP contribution in [0.25, 0.3) is 0 Å². The van der Waals surface area contributed by atoms with E-state index in [0.717, 1.165) is 25.8 Å². The summed E-state index contributed by atoms with van der Waals surface area (Å²) in [6, 6.07) is 10.6. The van der Waals surface area contributed by atoms with Crippen LogP contribution in [0.15, 0.2) is 42.6 Å². The van der Waals surface area contributed by atoms with Gasteiger partial charge in [-0.25, -0.2) is 4.79 Å². The minimum atomic E-state index is -0.184. The van der Waals surface area contributed by atoms with Gasteiger partial charge in [0.25, 0.3) is 0 Å². The number of benzene rings is 1. The van der Waals surface area contributed by atoms with E-state index in [0.29, 0.717) is 11.8 Å². The van der Waals surface area contributed by atoms with E-state index in [1.54, 1.807) is 4.90 Å². The molecular formula is C21H29NO2. The van der Waals surface area contributed by atoms with Crippen LogP contribution in [0.2, 0.25) is 0 Å². The number of carbonyl (C=O) groups excluding carboxylic acids is 1. The van der Waals surface area contributed by atoms with Crippen molar-refractivity contribution in [1.82, 2.24) is 4.90 Å². The molecule has 2 aliphatic rings. The Morgan fingerprint density at radius 2 is 1.96 bits per heavy atom. The van der Waals surface area contributed by atoms with Crippen LogP contribution in [0.1, 0.15) is 52.0 Å². The molecule has 0 spiro atoms. The van der Waals surface area contributed by atoms with Crippen molar-refractivity contribution < 1.29 is 9.53 Å². The average molecular weight is 327 g/mol. The first-order valence-corrected chi connectivity index (χ1v) is 9.18. The lowest BCUT2D eigenvalue weighted by atomic mass is 9.64. The average Bonchev–Trinajstić information content (AvgIpc) is 3.10. The molecule has 24 heavy (non-hydrogen) atoms. The van der Waals surface area contributed by atoms with Crippen molar-refractivity contribution in [2.45, 2.75) is 58.0 Å². The third-order valence-corrected chi connectivity index (χ3v) is 5.81. The molecule has 1 aromatic rings. The summed E-state index contributed by atoms with van der Waals surface area (Å²) in [6.45, 7) is 7.59.